The molecule has 3 heterocycles. The van der Waals surface area contributed by atoms with Gasteiger partial charge in [-0.3, -0.25) is 4.40 Å². The maximum absolute atomic E-state index is 11.4. The standard InChI is InChI=1S/C31H29N7O3S/c1-21-14-25(10-12-28(21)41-30-17-29-37-35-20-38(29)19-34-30)36-31-26-16-24(9-11-27(26)32-18-33-31)23-8-5-7-22(15-23)6-3-4-13-42(2,39)40/h5,7-12,14-20H,3-4,6,13H2,1-2H3,(H,32,33,36). The Kier molecular flexibility index (Phi) is 7.49. The minimum absolute atomic E-state index is 0.222. The first-order valence-corrected chi connectivity index (χ1v) is 15.6. The summed E-state index contributed by atoms with van der Waals surface area (Å²) in [6.45, 7) is 1.97. The summed E-state index contributed by atoms with van der Waals surface area (Å²) in [5, 5.41) is 12.2. The quantitative estimate of drug-likeness (QED) is 0.196. The molecule has 0 saturated heterocycles. The summed E-state index contributed by atoms with van der Waals surface area (Å²) in [6, 6.07) is 22.1. The molecule has 212 valence electrons. The molecule has 42 heavy (non-hydrogen) atoms. The van der Waals surface area contributed by atoms with Gasteiger partial charge in [0.1, 0.15) is 40.4 Å². The van der Waals surface area contributed by atoms with Gasteiger partial charge in [0.15, 0.2) is 5.65 Å². The van der Waals surface area contributed by atoms with E-state index in [9.17, 15) is 8.42 Å². The Bertz CT molecular complexity index is 2010. The van der Waals surface area contributed by atoms with Gasteiger partial charge in [-0.25, -0.2) is 23.4 Å². The molecule has 3 aromatic carbocycles. The van der Waals surface area contributed by atoms with Crippen LogP contribution < -0.4 is 10.1 Å². The number of rotatable bonds is 10. The second-order valence-corrected chi connectivity index (χ2v) is 12.5. The number of fused-ring (bicyclic) bond motifs is 2. The van der Waals surface area contributed by atoms with E-state index in [1.54, 1.807) is 29.4 Å². The number of aryl methyl sites for hydroxylation is 2. The van der Waals surface area contributed by atoms with Gasteiger partial charge in [0.25, 0.3) is 0 Å². The lowest BCUT2D eigenvalue weighted by atomic mass is 9.99. The van der Waals surface area contributed by atoms with E-state index in [1.165, 1.54) is 11.8 Å². The third-order valence-corrected chi connectivity index (χ3v) is 7.97. The van der Waals surface area contributed by atoms with E-state index < -0.39 is 9.84 Å². The van der Waals surface area contributed by atoms with Crippen LogP contribution in [0.1, 0.15) is 24.0 Å². The molecule has 11 heteroatoms. The van der Waals surface area contributed by atoms with Crippen molar-refractivity contribution in [2.45, 2.75) is 26.2 Å². The molecule has 1 N–H and O–H groups in total. The highest BCUT2D eigenvalue weighted by Gasteiger charge is 2.10. The van der Waals surface area contributed by atoms with Gasteiger partial charge in [-0.1, -0.05) is 30.3 Å². The number of unbranched alkanes of at least 4 members (excludes halogenated alkanes) is 1. The lowest BCUT2D eigenvalue weighted by Gasteiger charge is -2.13. The van der Waals surface area contributed by atoms with Crippen molar-refractivity contribution in [1.29, 1.82) is 0 Å². The highest BCUT2D eigenvalue weighted by Crippen LogP contribution is 2.31. The number of hydrogen-bond acceptors (Lipinski definition) is 9. The average Bonchev–Trinajstić information content (AvgIpc) is 3.45. The summed E-state index contributed by atoms with van der Waals surface area (Å²) in [5.41, 5.74) is 6.59. The second kappa shape index (κ2) is 11.5. The van der Waals surface area contributed by atoms with Gasteiger partial charge >= 0.3 is 0 Å². The number of nitrogens with one attached hydrogen (secondary N) is 1. The highest BCUT2D eigenvalue weighted by atomic mass is 32.2. The summed E-state index contributed by atoms with van der Waals surface area (Å²) >= 11 is 0. The predicted molar refractivity (Wildman–Crippen MR) is 163 cm³/mol. The largest absolute Gasteiger partial charge is 0.439 e. The topological polar surface area (TPSA) is 124 Å². The van der Waals surface area contributed by atoms with E-state index in [0.717, 1.165) is 46.1 Å². The van der Waals surface area contributed by atoms with Crippen LogP contribution in [0.4, 0.5) is 11.5 Å². The Morgan fingerprint density at radius 1 is 0.905 bits per heavy atom. The van der Waals surface area contributed by atoms with Gasteiger partial charge in [0, 0.05) is 29.1 Å². The number of nitrogens with zero attached hydrogens (tertiary/aromatic N) is 6. The van der Waals surface area contributed by atoms with Crippen molar-refractivity contribution in [3.05, 3.63) is 96.8 Å². The fourth-order valence-electron chi connectivity index (χ4n) is 4.79. The van der Waals surface area contributed by atoms with Crippen LogP contribution in [-0.2, 0) is 16.3 Å². The molecule has 0 amide bonds. The minimum atomic E-state index is -2.93. The third kappa shape index (κ3) is 6.36. The molecule has 6 rings (SSSR count). The maximum atomic E-state index is 11.4. The van der Waals surface area contributed by atoms with Gasteiger partial charge in [0.2, 0.25) is 5.88 Å². The smallest absolute Gasteiger partial charge is 0.224 e. The summed E-state index contributed by atoms with van der Waals surface area (Å²) in [6.07, 6.45) is 8.35. The van der Waals surface area contributed by atoms with E-state index in [0.29, 0.717) is 29.5 Å². The number of benzene rings is 3. The molecule has 0 bridgehead atoms. The molecule has 0 fully saturated rings. The molecule has 0 aliphatic carbocycles. The van der Waals surface area contributed by atoms with Crippen LogP contribution in [0.15, 0.2) is 85.7 Å². The fourth-order valence-corrected chi connectivity index (χ4v) is 5.52. The van der Waals surface area contributed by atoms with Gasteiger partial charge < -0.3 is 10.1 Å². The number of sulfone groups is 1. The number of ether oxygens (including phenoxy) is 1. The van der Waals surface area contributed by atoms with E-state index in [-0.39, 0.29) is 5.75 Å². The first-order valence-electron chi connectivity index (χ1n) is 13.5. The van der Waals surface area contributed by atoms with Crippen LogP contribution >= 0.6 is 0 Å². The molecule has 6 aromatic rings. The first-order chi connectivity index (χ1) is 20.3. The lowest BCUT2D eigenvalue weighted by molar-refractivity contribution is 0.458. The Morgan fingerprint density at radius 3 is 2.64 bits per heavy atom. The Labute approximate surface area is 243 Å². The number of hydrogen-bond donors (Lipinski definition) is 1. The molecule has 0 aliphatic heterocycles. The van der Waals surface area contributed by atoms with Crippen LogP contribution in [-0.4, -0.2) is 50.0 Å². The Hall–Kier alpha value is -4.90. The molecular formula is C31H29N7O3S. The van der Waals surface area contributed by atoms with E-state index in [2.05, 4.69) is 60.8 Å². The van der Waals surface area contributed by atoms with E-state index in [4.69, 9.17) is 4.74 Å². The highest BCUT2D eigenvalue weighted by molar-refractivity contribution is 7.90. The van der Waals surface area contributed by atoms with Crippen LogP contribution in [0.3, 0.4) is 0 Å². The van der Waals surface area contributed by atoms with Crippen molar-refractivity contribution >= 4 is 37.9 Å². The second-order valence-electron chi connectivity index (χ2n) is 10.3. The predicted octanol–water partition coefficient (Wildman–Crippen LogP) is 5.95. The fraction of sp³-hybridized carbons (Fsp3) is 0.194. The van der Waals surface area contributed by atoms with Gasteiger partial charge in [-0.05, 0) is 78.8 Å². The number of aromatic nitrogens is 6. The zero-order chi connectivity index (χ0) is 29.1. The monoisotopic (exact) mass is 579 g/mol. The minimum Gasteiger partial charge on any atom is -0.439 e. The summed E-state index contributed by atoms with van der Waals surface area (Å²) < 4.78 is 30.6. The molecule has 0 unspecified atom stereocenters. The van der Waals surface area contributed by atoms with Crippen LogP contribution in [0.2, 0.25) is 0 Å². The van der Waals surface area contributed by atoms with Gasteiger partial charge in [-0.2, -0.15) is 0 Å². The summed E-state index contributed by atoms with van der Waals surface area (Å²) in [4.78, 5) is 13.3. The first kappa shape index (κ1) is 27.3. The SMILES string of the molecule is Cc1cc(Nc2ncnc3ccc(-c4cccc(CCCCS(C)(=O)=O)c4)cc23)ccc1Oc1cc2nncn2cn1. The molecule has 0 saturated carbocycles. The van der Waals surface area contributed by atoms with Crippen molar-refractivity contribution in [1.82, 2.24) is 29.5 Å². The normalized spacial score (nSPS) is 11.7. The molecule has 0 aliphatic rings. The zero-order valence-electron chi connectivity index (χ0n) is 23.2. The molecule has 3 aromatic heterocycles. The molecule has 10 nitrogen and oxygen atoms in total. The van der Waals surface area contributed by atoms with Gasteiger partial charge in [0.05, 0.1) is 5.52 Å². The molecule has 0 atom stereocenters. The zero-order valence-corrected chi connectivity index (χ0v) is 24.0. The van der Waals surface area contributed by atoms with E-state index in [1.807, 2.05) is 37.3 Å². The Morgan fingerprint density at radius 2 is 1.79 bits per heavy atom. The number of anilines is 2. The van der Waals surface area contributed by atoms with Crippen molar-refractivity contribution in [3.8, 4) is 22.8 Å². The van der Waals surface area contributed by atoms with Crippen LogP contribution in [0, 0.1) is 6.92 Å². The average molecular weight is 580 g/mol. The van der Waals surface area contributed by atoms with Crippen molar-refractivity contribution in [3.63, 3.8) is 0 Å². The molecule has 0 radical (unpaired) electrons. The van der Waals surface area contributed by atoms with Crippen LogP contribution in [0.25, 0.3) is 27.7 Å². The summed E-state index contributed by atoms with van der Waals surface area (Å²) in [7, 11) is -2.93. The summed E-state index contributed by atoms with van der Waals surface area (Å²) in [5.74, 6) is 2.04. The van der Waals surface area contributed by atoms with Crippen LogP contribution in [0.5, 0.6) is 11.6 Å². The molecule has 0 spiro atoms. The van der Waals surface area contributed by atoms with Gasteiger partial charge in [-0.15, -0.1) is 10.2 Å². The van der Waals surface area contributed by atoms with Crippen molar-refractivity contribution < 1.29 is 13.2 Å². The van der Waals surface area contributed by atoms with Crippen molar-refractivity contribution in [2.75, 3.05) is 17.3 Å². The van der Waals surface area contributed by atoms with E-state index >= 15 is 0 Å². The van der Waals surface area contributed by atoms with Crippen molar-refractivity contribution in [2.24, 2.45) is 0 Å². The molecular weight excluding hydrogens is 550 g/mol. The maximum Gasteiger partial charge on any atom is 0.224 e. The third-order valence-electron chi connectivity index (χ3n) is 6.94. The lowest BCUT2D eigenvalue weighted by Crippen LogP contribution is -2.03. The Balaban J connectivity index is 1.20.